The first kappa shape index (κ1) is 14.3. The van der Waals surface area contributed by atoms with Crippen molar-refractivity contribution in [2.75, 3.05) is 5.32 Å². The van der Waals surface area contributed by atoms with Crippen molar-refractivity contribution in [1.29, 1.82) is 5.26 Å². The number of pyridine rings is 1. The number of rotatable bonds is 3. The van der Waals surface area contributed by atoms with Crippen molar-refractivity contribution in [2.24, 2.45) is 0 Å². The van der Waals surface area contributed by atoms with Crippen LogP contribution >= 0.6 is 27.5 Å². The van der Waals surface area contributed by atoms with Crippen LogP contribution in [0.4, 0.5) is 11.5 Å². The number of carbonyl (C=O) groups is 1. The van der Waals surface area contributed by atoms with E-state index in [0.29, 0.717) is 11.3 Å². The maximum absolute atomic E-state index is 11.1. The Hall–Kier alpha value is -2.10. The zero-order chi connectivity index (χ0) is 14.7. The minimum atomic E-state index is -1.13. The molecule has 1 aromatic carbocycles. The van der Waals surface area contributed by atoms with E-state index < -0.39 is 5.97 Å². The molecule has 0 unspecified atom stereocenters. The number of hydrogen-bond acceptors (Lipinski definition) is 4. The Morgan fingerprint density at radius 1 is 1.40 bits per heavy atom. The lowest BCUT2D eigenvalue weighted by molar-refractivity contribution is 0.0697. The second-order valence-corrected chi connectivity index (χ2v) is 5.06. The van der Waals surface area contributed by atoms with Crippen molar-refractivity contribution >= 4 is 45.0 Å². The van der Waals surface area contributed by atoms with E-state index in [0.717, 1.165) is 4.47 Å². The Balaban J connectivity index is 2.47. The highest BCUT2D eigenvalue weighted by Crippen LogP contribution is 2.26. The van der Waals surface area contributed by atoms with E-state index in [1.54, 1.807) is 18.2 Å². The number of nitriles is 1. The van der Waals surface area contributed by atoms with Gasteiger partial charge < -0.3 is 10.4 Å². The third-order valence-electron chi connectivity index (χ3n) is 2.45. The molecule has 5 nitrogen and oxygen atoms in total. The first-order valence-corrected chi connectivity index (χ1v) is 6.55. The van der Waals surface area contributed by atoms with Gasteiger partial charge in [-0.2, -0.15) is 5.26 Å². The molecule has 0 aliphatic carbocycles. The summed E-state index contributed by atoms with van der Waals surface area (Å²) in [5.74, 6) is -1.05. The highest BCUT2D eigenvalue weighted by atomic mass is 79.9. The molecule has 0 saturated heterocycles. The third-order valence-corrected chi connectivity index (χ3v) is 3.15. The van der Waals surface area contributed by atoms with E-state index in [2.05, 4.69) is 26.2 Å². The van der Waals surface area contributed by atoms with Crippen molar-refractivity contribution in [2.45, 2.75) is 0 Å². The van der Waals surface area contributed by atoms with Crippen molar-refractivity contribution in [3.63, 3.8) is 0 Å². The normalized spacial score (nSPS) is 9.85. The molecular formula is C13H7BrClN3O2. The average molecular weight is 353 g/mol. The molecule has 20 heavy (non-hydrogen) atoms. The first-order valence-electron chi connectivity index (χ1n) is 5.38. The molecule has 100 valence electrons. The SMILES string of the molecule is N#Cc1cc(Br)ccc1Nc1nc(Cl)ccc1C(=O)O. The summed E-state index contributed by atoms with van der Waals surface area (Å²) in [6.45, 7) is 0. The monoisotopic (exact) mass is 351 g/mol. The molecule has 2 rings (SSSR count). The van der Waals surface area contributed by atoms with Gasteiger partial charge in [0.2, 0.25) is 0 Å². The fourth-order valence-corrected chi connectivity index (χ4v) is 2.06. The van der Waals surface area contributed by atoms with Crippen LogP contribution in [0.1, 0.15) is 15.9 Å². The predicted molar refractivity (Wildman–Crippen MR) is 78.3 cm³/mol. The van der Waals surface area contributed by atoms with Gasteiger partial charge in [-0.05, 0) is 30.3 Å². The Morgan fingerprint density at radius 3 is 2.80 bits per heavy atom. The van der Waals surface area contributed by atoms with Gasteiger partial charge in [-0.15, -0.1) is 0 Å². The number of aromatic nitrogens is 1. The summed E-state index contributed by atoms with van der Waals surface area (Å²) in [4.78, 5) is 15.1. The number of halogens is 2. The number of nitrogens with zero attached hydrogens (tertiary/aromatic N) is 2. The molecule has 0 aliphatic heterocycles. The van der Waals surface area contributed by atoms with Crippen molar-refractivity contribution in [1.82, 2.24) is 4.98 Å². The highest BCUT2D eigenvalue weighted by molar-refractivity contribution is 9.10. The molecule has 0 atom stereocenters. The van der Waals surface area contributed by atoms with Crippen molar-refractivity contribution < 1.29 is 9.90 Å². The molecule has 0 radical (unpaired) electrons. The third kappa shape index (κ3) is 3.07. The topological polar surface area (TPSA) is 86.0 Å². The van der Waals surface area contributed by atoms with Crippen LogP contribution in [0.5, 0.6) is 0 Å². The van der Waals surface area contributed by atoms with Crippen LogP contribution in [0, 0.1) is 11.3 Å². The number of aromatic carboxylic acids is 1. The maximum Gasteiger partial charge on any atom is 0.339 e. The lowest BCUT2D eigenvalue weighted by atomic mass is 10.2. The molecule has 1 heterocycles. The van der Waals surface area contributed by atoms with Crippen LogP contribution < -0.4 is 5.32 Å². The number of carboxylic acids is 1. The molecule has 0 bridgehead atoms. The van der Waals surface area contributed by atoms with Crippen LogP contribution in [0.15, 0.2) is 34.8 Å². The van der Waals surface area contributed by atoms with Gasteiger partial charge in [-0.3, -0.25) is 0 Å². The minimum Gasteiger partial charge on any atom is -0.478 e. The standard InChI is InChI=1S/C13H7BrClN3O2/c14-8-1-3-10(7(5-8)6-16)17-12-9(13(19)20)2-4-11(15)18-12/h1-5H,(H,17,18)(H,19,20). The maximum atomic E-state index is 11.1. The van der Waals surface area contributed by atoms with E-state index in [1.807, 2.05) is 6.07 Å². The molecule has 0 fully saturated rings. The van der Waals surface area contributed by atoms with Crippen LogP contribution in [0.2, 0.25) is 5.15 Å². The van der Waals surface area contributed by atoms with Gasteiger partial charge in [0.05, 0.1) is 11.3 Å². The second-order valence-electron chi connectivity index (χ2n) is 3.76. The van der Waals surface area contributed by atoms with Gasteiger partial charge in [0.25, 0.3) is 0 Å². The molecule has 0 saturated carbocycles. The lowest BCUT2D eigenvalue weighted by Crippen LogP contribution is -2.05. The summed E-state index contributed by atoms with van der Waals surface area (Å²) >= 11 is 9.03. The van der Waals surface area contributed by atoms with Gasteiger partial charge in [-0.25, -0.2) is 9.78 Å². The summed E-state index contributed by atoms with van der Waals surface area (Å²) in [7, 11) is 0. The Morgan fingerprint density at radius 2 is 2.15 bits per heavy atom. The smallest absolute Gasteiger partial charge is 0.339 e. The van der Waals surface area contributed by atoms with Gasteiger partial charge >= 0.3 is 5.97 Å². The van der Waals surface area contributed by atoms with Gasteiger partial charge in [-0.1, -0.05) is 27.5 Å². The Kier molecular flexibility index (Phi) is 4.23. The number of nitrogens with one attached hydrogen (secondary N) is 1. The number of benzene rings is 1. The molecule has 0 amide bonds. The second kappa shape index (κ2) is 5.90. The lowest BCUT2D eigenvalue weighted by Gasteiger charge is -2.10. The molecular weight excluding hydrogens is 346 g/mol. The molecule has 0 spiro atoms. The van der Waals surface area contributed by atoms with Crippen LogP contribution in [-0.4, -0.2) is 16.1 Å². The fourth-order valence-electron chi connectivity index (χ4n) is 1.55. The van der Waals surface area contributed by atoms with Gasteiger partial charge in [0, 0.05) is 4.47 Å². The molecule has 1 aromatic heterocycles. The number of hydrogen-bond donors (Lipinski definition) is 2. The molecule has 2 aromatic rings. The fraction of sp³-hybridized carbons (Fsp3) is 0. The minimum absolute atomic E-state index is 0.0267. The summed E-state index contributed by atoms with van der Waals surface area (Å²) in [6.07, 6.45) is 0. The van der Waals surface area contributed by atoms with Crippen molar-refractivity contribution in [3.05, 3.63) is 51.1 Å². The van der Waals surface area contributed by atoms with Crippen LogP contribution in [0.25, 0.3) is 0 Å². The van der Waals surface area contributed by atoms with Crippen LogP contribution in [0.3, 0.4) is 0 Å². The van der Waals surface area contributed by atoms with Crippen molar-refractivity contribution in [3.8, 4) is 6.07 Å². The van der Waals surface area contributed by atoms with E-state index in [4.69, 9.17) is 22.0 Å². The average Bonchev–Trinajstić information content (AvgIpc) is 2.40. The Labute approximate surface area is 128 Å². The summed E-state index contributed by atoms with van der Waals surface area (Å²) in [5.41, 5.74) is 0.784. The molecule has 0 aliphatic rings. The highest BCUT2D eigenvalue weighted by Gasteiger charge is 2.13. The molecule has 2 N–H and O–H groups in total. The van der Waals surface area contributed by atoms with Gasteiger partial charge in [0.1, 0.15) is 22.6 Å². The van der Waals surface area contributed by atoms with E-state index in [-0.39, 0.29) is 16.5 Å². The quantitative estimate of drug-likeness (QED) is 0.820. The summed E-state index contributed by atoms with van der Waals surface area (Å²) in [5, 5.41) is 21.2. The number of carboxylic acid groups (broad SMARTS) is 1. The summed E-state index contributed by atoms with van der Waals surface area (Å²) in [6, 6.07) is 9.76. The zero-order valence-electron chi connectivity index (χ0n) is 9.89. The summed E-state index contributed by atoms with van der Waals surface area (Å²) < 4.78 is 0.747. The zero-order valence-corrected chi connectivity index (χ0v) is 12.2. The van der Waals surface area contributed by atoms with E-state index >= 15 is 0 Å². The molecule has 7 heteroatoms. The first-order chi connectivity index (χ1) is 9.51. The Bertz CT molecular complexity index is 728. The predicted octanol–water partition coefficient (Wildman–Crippen LogP) is 3.81. The number of anilines is 2. The van der Waals surface area contributed by atoms with Gasteiger partial charge in [0.15, 0.2) is 0 Å². The van der Waals surface area contributed by atoms with E-state index in [9.17, 15) is 4.79 Å². The largest absolute Gasteiger partial charge is 0.478 e. The van der Waals surface area contributed by atoms with E-state index in [1.165, 1.54) is 12.1 Å². The van der Waals surface area contributed by atoms with Crippen LogP contribution in [-0.2, 0) is 0 Å².